The summed E-state index contributed by atoms with van der Waals surface area (Å²) in [4.78, 5) is 0. The van der Waals surface area contributed by atoms with Crippen molar-refractivity contribution in [2.75, 3.05) is 5.32 Å². The van der Waals surface area contributed by atoms with E-state index in [4.69, 9.17) is 16.9 Å². The lowest BCUT2D eigenvalue weighted by molar-refractivity contribution is 0.400. The van der Waals surface area contributed by atoms with Gasteiger partial charge in [0.2, 0.25) is 0 Å². The number of phenolic OH excluding ortho intramolecular Hbond substituents is 2. The molecule has 0 radical (unpaired) electrons. The summed E-state index contributed by atoms with van der Waals surface area (Å²) in [7, 11) is 0. The van der Waals surface area contributed by atoms with Crippen molar-refractivity contribution in [1.82, 2.24) is 0 Å². The van der Waals surface area contributed by atoms with E-state index in [0.29, 0.717) is 22.7 Å². The van der Waals surface area contributed by atoms with Gasteiger partial charge in [-0.25, -0.2) is 0 Å². The Bertz CT molecular complexity index is 650. The molecule has 0 amide bonds. The van der Waals surface area contributed by atoms with Crippen molar-refractivity contribution in [1.29, 1.82) is 5.26 Å². The number of rotatable bonds is 3. The van der Waals surface area contributed by atoms with Gasteiger partial charge in [-0.1, -0.05) is 23.7 Å². The Kier molecular flexibility index (Phi) is 3.79. The lowest BCUT2D eigenvalue weighted by atomic mass is 10.1. The average molecular weight is 275 g/mol. The lowest BCUT2D eigenvalue weighted by Gasteiger charge is -2.09. The van der Waals surface area contributed by atoms with Crippen LogP contribution in [0.1, 0.15) is 11.1 Å². The topological polar surface area (TPSA) is 76.3 Å². The molecule has 3 N–H and O–H groups in total. The highest BCUT2D eigenvalue weighted by molar-refractivity contribution is 6.32. The van der Waals surface area contributed by atoms with E-state index in [2.05, 4.69) is 5.32 Å². The summed E-state index contributed by atoms with van der Waals surface area (Å²) in [5.41, 5.74) is 1.71. The molecule has 19 heavy (non-hydrogen) atoms. The predicted molar refractivity (Wildman–Crippen MR) is 73.3 cm³/mol. The van der Waals surface area contributed by atoms with Gasteiger partial charge in [-0.15, -0.1) is 0 Å². The first-order valence-electron chi connectivity index (χ1n) is 5.55. The molecule has 0 aromatic heterocycles. The molecule has 4 nitrogen and oxygen atoms in total. The molecule has 2 aromatic carbocycles. The Hall–Kier alpha value is -2.38. The van der Waals surface area contributed by atoms with E-state index in [1.54, 1.807) is 30.3 Å². The van der Waals surface area contributed by atoms with E-state index >= 15 is 0 Å². The van der Waals surface area contributed by atoms with Crippen molar-refractivity contribution in [3.63, 3.8) is 0 Å². The van der Waals surface area contributed by atoms with Crippen LogP contribution in [0.5, 0.6) is 11.5 Å². The number of nitrogens with zero attached hydrogens (tertiary/aromatic N) is 1. The fourth-order valence-corrected chi connectivity index (χ4v) is 1.86. The molecular formula is C14H11ClN2O2. The number of nitriles is 1. The maximum atomic E-state index is 9.65. The Labute approximate surface area is 115 Å². The van der Waals surface area contributed by atoms with Crippen molar-refractivity contribution in [2.45, 2.75) is 6.54 Å². The zero-order valence-electron chi connectivity index (χ0n) is 9.89. The number of halogens is 1. The number of phenols is 2. The molecule has 96 valence electrons. The van der Waals surface area contributed by atoms with Gasteiger partial charge in [0.1, 0.15) is 6.07 Å². The fraction of sp³-hybridized carbons (Fsp3) is 0.0714. The van der Waals surface area contributed by atoms with E-state index in [1.807, 2.05) is 6.07 Å². The van der Waals surface area contributed by atoms with Crippen LogP contribution in [0.2, 0.25) is 5.02 Å². The Morgan fingerprint density at radius 3 is 2.68 bits per heavy atom. The van der Waals surface area contributed by atoms with Crippen molar-refractivity contribution in [3.8, 4) is 17.6 Å². The van der Waals surface area contributed by atoms with Gasteiger partial charge in [-0.2, -0.15) is 5.26 Å². The van der Waals surface area contributed by atoms with Crippen molar-refractivity contribution >= 4 is 17.3 Å². The van der Waals surface area contributed by atoms with Crippen LogP contribution < -0.4 is 5.32 Å². The van der Waals surface area contributed by atoms with Crippen LogP contribution in [0.15, 0.2) is 36.4 Å². The average Bonchev–Trinajstić information content (AvgIpc) is 2.40. The first kappa shape index (κ1) is 13.1. The predicted octanol–water partition coefficient (Wildman–Crippen LogP) is 3.23. The van der Waals surface area contributed by atoms with Crippen LogP contribution in [0.3, 0.4) is 0 Å². The maximum Gasteiger partial charge on any atom is 0.162 e. The molecule has 0 saturated carbocycles. The summed E-state index contributed by atoms with van der Waals surface area (Å²) in [6.45, 7) is 0.336. The molecule has 0 aliphatic rings. The highest BCUT2D eigenvalue weighted by atomic mass is 35.5. The van der Waals surface area contributed by atoms with Gasteiger partial charge in [0.25, 0.3) is 0 Å². The fourth-order valence-electron chi connectivity index (χ4n) is 1.63. The van der Waals surface area contributed by atoms with Crippen molar-refractivity contribution < 1.29 is 10.2 Å². The summed E-state index contributed by atoms with van der Waals surface area (Å²) in [5, 5.41) is 31.2. The molecule has 2 aromatic rings. The molecular weight excluding hydrogens is 264 g/mol. The van der Waals surface area contributed by atoms with Crippen molar-refractivity contribution in [3.05, 3.63) is 52.5 Å². The Balaban J connectivity index is 2.13. The van der Waals surface area contributed by atoms with Crippen molar-refractivity contribution in [2.24, 2.45) is 0 Å². The normalized spacial score (nSPS) is 9.89. The number of para-hydroxylation sites is 1. The Morgan fingerprint density at radius 2 is 2.00 bits per heavy atom. The SMILES string of the molecule is N#Cc1ccc(NCc2cccc(O)c2O)cc1Cl. The number of anilines is 1. The molecule has 0 aliphatic heterocycles. The van der Waals surface area contributed by atoms with E-state index in [-0.39, 0.29) is 11.5 Å². The van der Waals surface area contributed by atoms with Gasteiger partial charge < -0.3 is 15.5 Å². The largest absolute Gasteiger partial charge is 0.504 e. The van der Waals surface area contributed by atoms with Crippen LogP contribution in [0, 0.1) is 11.3 Å². The van der Waals surface area contributed by atoms with Crippen LogP contribution >= 0.6 is 11.6 Å². The minimum absolute atomic E-state index is 0.144. The minimum Gasteiger partial charge on any atom is -0.504 e. The molecule has 0 saturated heterocycles. The zero-order valence-corrected chi connectivity index (χ0v) is 10.6. The third kappa shape index (κ3) is 2.90. The maximum absolute atomic E-state index is 9.65. The monoisotopic (exact) mass is 274 g/mol. The number of hydrogen-bond donors (Lipinski definition) is 3. The number of hydrogen-bond acceptors (Lipinski definition) is 4. The van der Waals surface area contributed by atoms with E-state index in [0.717, 1.165) is 5.69 Å². The molecule has 0 heterocycles. The van der Waals surface area contributed by atoms with Gasteiger partial charge in [-0.05, 0) is 24.3 Å². The highest BCUT2D eigenvalue weighted by Crippen LogP contribution is 2.29. The first-order chi connectivity index (χ1) is 9.11. The van der Waals surface area contributed by atoms with Crippen LogP contribution in [0.4, 0.5) is 5.69 Å². The standard InChI is InChI=1S/C14H11ClN2O2/c15-12-6-11(5-4-9(12)7-16)17-8-10-2-1-3-13(18)14(10)19/h1-6,17-19H,8H2. The second-order valence-corrected chi connectivity index (χ2v) is 4.35. The molecule has 0 aliphatic carbocycles. The molecule has 2 rings (SSSR count). The first-order valence-corrected chi connectivity index (χ1v) is 5.93. The van der Waals surface area contributed by atoms with Gasteiger partial charge in [-0.3, -0.25) is 0 Å². The number of aromatic hydroxyl groups is 2. The van der Waals surface area contributed by atoms with Crippen LogP contribution in [0.25, 0.3) is 0 Å². The summed E-state index contributed by atoms with van der Waals surface area (Å²) in [5.74, 6) is -0.299. The highest BCUT2D eigenvalue weighted by Gasteiger charge is 2.06. The Morgan fingerprint density at radius 1 is 1.21 bits per heavy atom. The summed E-state index contributed by atoms with van der Waals surface area (Å²) >= 11 is 5.92. The molecule has 0 atom stereocenters. The molecule has 5 heteroatoms. The van der Waals surface area contributed by atoms with Crippen LogP contribution in [-0.2, 0) is 6.54 Å². The van der Waals surface area contributed by atoms with E-state index in [9.17, 15) is 10.2 Å². The molecule has 0 unspecified atom stereocenters. The quantitative estimate of drug-likeness (QED) is 0.751. The molecule has 0 fully saturated rings. The summed E-state index contributed by atoms with van der Waals surface area (Å²) in [6, 6.07) is 11.7. The van der Waals surface area contributed by atoms with Gasteiger partial charge in [0, 0.05) is 17.8 Å². The van der Waals surface area contributed by atoms with Gasteiger partial charge in [0.15, 0.2) is 11.5 Å². The summed E-state index contributed by atoms with van der Waals surface area (Å²) < 4.78 is 0. The van der Waals surface area contributed by atoms with E-state index in [1.165, 1.54) is 6.07 Å². The zero-order chi connectivity index (χ0) is 13.8. The van der Waals surface area contributed by atoms with E-state index < -0.39 is 0 Å². The smallest absolute Gasteiger partial charge is 0.162 e. The number of benzene rings is 2. The van der Waals surface area contributed by atoms with Gasteiger partial charge in [0.05, 0.1) is 10.6 Å². The molecule has 0 spiro atoms. The van der Waals surface area contributed by atoms with Crippen LogP contribution in [-0.4, -0.2) is 10.2 Å². The van der Waals surface area contributed by atoms with Gasteiger partial charge >= 0.3 is 0 Å². The number of nitrogens with one attached hydrogen (secondary N) is 1. The molecule has 0 bridgehead atoms. The lowest BCUT2D eigenvalue weighted by Crippen LogP contribution is -1.99. The third-order valence-electron chi connectivity index (χ3n) is 2.67. The summed E-state index contributed by atoms with van der Waals surface area (Å²) in [6.07, 6.45) is 0. The minimum atomic E-state index is -0.155. The second-order valence-electron chi connectivity index (χ2n) is 3.94. The second kappa shape index (κ2) is 5.51. The third-order valence-corrected chi connectivity index (χ3v) is 2.98.